The van der Waals surface area contributed by atoms with Gasteiger partial charge < -0.3 is 0 Å². The second-order valence-electron chi connectivity index (χ2n) is 12.9. The predicted molar refractivity (Wildman–Crippen MR) is 211 cm³/mol. The van der Waals surface area contributed by atoms with Gasteiger partial charge in [0.25, 0.3) is 0 Å². The number of benzene rings is 7. The van der Waals surface area contributed by atoms with Crippen LogP contribution in [-0.4, -0.2) is 19.7 Å². The molecule has 51 heavy (non-hydrogen) atoms. The monoisotopic (exact) mass is 650 g/mol. The second kappa shape index (κ2) is 11.9. The minimum absolute atomic E-state index is 0.970. The number of pyridine rings is 2. The zero-order valence-electron chi connectivity index (χ0n) is 27.6. The number of para-hydroxylation sites is 1. The maximum Gasteiger partial charge on any atom is 0.101 e. The molecule has 238 valence electrons. The molecule has 3 heterocycles. The fourth-order valence-corrected chi connectivity index (χ4v) is 7.52. The van der Waals surface area contributed by atoms with Crippen molar-refractivity contribution in [3.63, 3.8) is 0 Å². The highest BCUT2D eigenvalue weighted by Crippen LogP contribution is 2.42. The SMILES string of the molecule is c1ccc(-c2nn(-c3ccccc3)c3c2c(-c2cccc(-c4ccc(-c5cc6ccncc6c6ncccc56)cc4)c2)cc2ccccc23)cc1. The van der Waals surface area contributed by atoms with Gasteiger partial charge in [-0.05, 0) is 86.6 Å². The zero-order chi connectivity index (χ0) is 33.7. The van der Waals surface area contributed by atoms with E-state index in [0.29, 0.717) is 0 Å². The van der Waals surface area contributed by atoms with Crippen LogP contribution in [0.15, 0.2) is 182 Å². The number of fused-ring (bicyclic) bond motifs is 6. The van der Waals surface area contributed by atoms with Crippen LogP contribution in [0.3, 0.4) is 0 Å². The highest BCUT2D eigenvalue weighted by molar-refractivity contribution is 6.17. The summed E-state index contributed by atoms with van der Waals surface area (Å²) in [6, 6.07) is 58.2. The molecule has 0 N–H and O–H groups in total. The van der Waals surface area contributed by atoms with Gasteiger partial charge in [-0.25, -0.2) is 4.68 Å². The lowest BCUT2D eigenvalue weighted by atomic mass is 9.91. The van der Waals surface area contributed by atoms with E-state index in [1.54, 1.807) is 0 Å². The molecule has 0 bridgehead atoms. The van der Waals surface area contributed by atoms with E-state index in [-0.39, 0.29) is 0 Å². The molecule has 3 aromatic heterocycles. The third-order valence-corrected chi connectivity index (χ3v) is 9.93. The first-order valence-electron chi connectivity index (χ1n) is 17.2. The van der Waals surface area contributed by atoms with Crippen molar-refractivity contribution in [3.05, 3.63) is 182 Å². The van der Waals surface area contributed by atoms with Crippen LogP contribution in [-0.2, 0) is 0 Å². The number of rotatable bonds is 5. The number of hydrogen-bond donors (Lipinski definition) is 0. The van der Waals surface area contributed by atoms with Gasteiger partial charge in [0.1, 0.15) is 5.69 Å². The number of nitrogens with zero attached hydrogens (tertiary/aromatic N) is 4. The Kier molecular flexibility index (Phi) is 6.78. The molecule has 0 saturated carbocycles. The molecule has 4 nitrogen and oxygen atoms in total. The van der Waals surface area contributed by atoms with E-state index >= 15 is 0 Å². The molecule has 0 aliphatic carbocycles. The minimum atomic E-state index is 0.970. The van der Waals surface area contributed by atoms with Gasteiger partial charge in [0, 0.05) is 45.7 Å². The third-order valence-electron chi connectivity index (χ3n) is 9.93. The van der Waals surface area contributed by atoms with Crippen LogP contribution in [0.5, 0.6) is 0 Å². The third kappa shape index (κ3) is 4.88. The Hall–Kier alpha value is -6.91. The molecule has 0 aliphatic rings. The zero-order valence-corrected chi connectivity index (χ0v) is 27.6. The molecule has 0 saturated heterocycles. The standard InChI is InChI=1S/C47H30N4/c1-3-11-33(12-4-1)45-44-42(29-36-13-7-8-18-39(36)47(44)51(50-45)38-16-5-2-6-17-38)35-15-9-14-34(27-35)31-20-22-32(23-21-31)41-28-37-24-26-48-30-43(37)46-40(41)19-10-25-49-46/h1-30H. The topological polar surface area (TPSA) is 43.6 Å². The Morgan fingerprint density at radius 3 is 1.98 bits per heavy atom. The summed E-state index contributed by atoms with van der Waals surface area (Å²) < 4.78 is 2.12. The van der Waals surface area contributed by atoms with Crippen molar-refractivity contribution >= 4 is 43.4 Å². The van der Waals surface area contributed by atoms with Crippen LogP contribution in [0, 0.1) is 0 Å². The van der Waals surface area contributed by atoms with Crippen LogP contribution in [0.2, 0.25) is 0 Å². The first kappa shape index (κ1) is 29.0. The maximum atomic E-state index is 5.33. The van der Waals surface area contributed by atoms with Crippen LogP contribution in [0.4, 0.5) is 0 Å². The van der Waals surface area contributed by atoms with Gasteiger partial charge in [-0.1, -0.05) is 121 Å². The highest BCUT2D eigenvalue weighted by Gasteiger charge is 2.21. The lowest BCUT2D eigenvalue weighted by Crippen LogP contribution is -1.96. The van der Waals surface area contributed by atoms with E-state index in [0.717, 1.165) is 77.3 Å². The second-order valence-corrected chi connectivity index (χ2v) is 12.9. The fraction of sp³-hybridized carbons (Fsp3) is 0. The summed E-state index contributed by atoms with van der Waals surface area (Å²) in [7, 11) is 0. The molecule has 10 rings (SSSR count). The Morgan fingerprint density at radius 1 is 0.431 bits per heavy atom. The summed E-state index contributed by atoms with van der Waals surface area (Å²) in [6.45, 7) is 0. The molecule has 4 heteroatoms. The van der Waals surface area contributed by atoms with E-state index in [1.165, 1.54) is 16.3 Å². The van der Waals surface area contributed by atoms with Crippen molar-refractivity contribution in [3.8, 4) is 50.3 Å². The maximum absolute atomic E-state index is 5.33. The molecule has 0 amide bonds. The van der Waals surface area contributed by atoms with Crippen molar-refractivity contribution in [1.82, 2.24) is 19.7 Å². The average Bonchev–Trinajstić information content (AvgIpc) is 3.62. The molecule has 0 spiro atoms. The van der Waals surface area contributed by atoms with E-state index < -0.39 is 0 Å². The smallest absolute Gasteiger partial charge is 0.101 e. The van der Waals surface area contributed by atoms with Gasteiger partial charge in [0.05, 0.1) is 16.7 Å². The van der Waals surface area contributed by atoms with E-state index in [9.17, 15) is 0 Å². The molecule has 0 atom stereocenters. The summed E-state index contributed by atoms with van der Waals surface area (Å²) in [6.07, 6.45) is 5.60. The number of hydrogen-bond acceptors (Lipinski definition) is 3. The average molecular weight is 651 g/mol. The van der Waals surface area contributed by atoms with E-state index in [4.69, 9.17) is 10.1 Å². The van der Waals surface area contributed by atoms with Gasteiger partial charge >= 0.3 is 0 Å². The molecule has 10 aromatic rings. The lowest BCUT2D eigenvalue weighted by Gasteiger charge is -2.13. The first-order chi connectivity index (χ1) is 25.3. The van der Waals surface area contributed by atoms with Crippen molar-refractivity contribution in [2.75, 3.05) is 0 Å². The van der Waals surface area contributed by atoms with E-state index in [2.05, 4.69) is 161 Å². The summed E-state index contributed by atoms with van der Waals surface area (Å²) in [5.41, 5.74) is 12.1. The summed E-state index contributed by atoms with van der Waals surface area (Å²) in [5.74, 6) is 0. The van der Waals surface area contributed by atoms with Crippen molar-refractivity contribution in [1.29, 1.82) is 0 Å². The molecule has 0 radical (unpaired) electrons. The largest absolute Gasteiger partial charge is 0.264 e. The normalized spacial score (nSPS) is 11.5. The van der Waals surface area contributed by atoms with Gasteiger partial charge in [0.15, 0.2) is 0 Å². The minimum Gasteiger partial charge on any atom is -0.264 e. The van der Waals surface area contributed by atoms with Crippen molar-refractivity contribution in [2.24, 2.45) is 0 Å². The van der Waals surface area contributed by atoms with Crippen molar-refractivity contribution < 1.29 is 0 Å². The van der Waals surface area contributed by atoms with Gasteiger partial charge in [-0.3, -0.25) is 9.97 Å². The van der Waals surface area contributed by atoms with Crippen LogP contribution in [0.25, 0.3) is 93.7 Å². The Balaban J connectivity index is 1.14. The predicted octanol–water partition coefficient (Wildman–Crippen LogP) is 11.9. The summed E-state index contributed by atoms with van der Waals surface area (Å²) in [5, 5.41) is 12.2. The van der Waals surface area contributed by atoms with Crippen molar-refractivity contribution in [2.45, 2.75) is 0 Å². The first-order valence-corrected chi connectivity index (χ1v) is 17.2. The molecule has 0 fully saturated rings. The molecule has 7 aromatic carbocycles. The Bertz CT molecular complexity index is 2890. The number of aromatic nitrogens is 4. The van der Waals surface area contributed by atoms with Crippen LogP contribution in [0.1, 0.15) is 0 Å². The van der Waals surface area contributed by atoms with Crippen LogP contribution >= 0.6 is 0 Å². The van der Waals surface area contributed by atoms with Gasteiger partial charge in [-0.2, -0.15) is 5.10 Å². The fourth-order valence-electron chi connectivity index (χ4n) is 7.52. The molecular formula is C47H30N4. The lowest BCUT2D eigenvalue weighted by molar-refractivity contribution is 0.918. The summed E-state index contributed by atoms with van der Waals surface area (Å²) >= 11 is 0. The Morgan fingerprint density at radius 2 is 1.12 bits per heavy atom. The Labute approximate surface area is 294 Å². The summed E-state index contributed by atoms with van der Waals surface area (Å²) in [4.78, 5) is 9.10. The van der Waals surface area contributed by atoms with Gasteiger partial charge in [-0.15, -0.1) is 0 Å². The highest BCUT2D eigenvalue weighted by atomic mass is 15.3. The quantitative estimate of drug-likeness (QED) is 0.174. The van der Waals surface area contributed by atoms with E-state index in [1.807, 2.05) is 30.7 Å². The molecule has 0 aliphatic heterocycles. The van der Waals surface area contributed by atoms with Gasteiger partial charge in [0.2, 0.25) is 0 Å². The van der Waals surface area contributed by atoms with Crippen LogP contribution < -0.4 is 0 Å². The molecular weight excluding hydrogens is 621 g/mol. The molecule has 0 unspecified atom stereocenters.